The average Bonchev–Trinajstić information content (AvgIpc) is 2.94. The van der Waals surface area contributed by atoms with E-state index in [9.17, 15) is 9.90 Å². The second-order valence-corrected chi connectivity index (χ2v) is 6.47. The lowest BCUT2D eigenvalue weighted by atomic mass is 9.74. The third-order valence-corrected chi connectivity index (χ3v) is 5.19. The molecule has 2 aliphatic carbocycles. The van der Waals surface area contributed by atoms with Gasteiger partial charge >= 0.3 is 0 Å². The molecule has 4 heteroatoms. The van der Waals surface area contributed by atoms with Crippen molar-refractivity contribution in [1.82, 2.24) is 5.32 Å². The molecule has 0 radical (unpaired) electrons. The van der Waals surface area contributed by atoms with Gasteiger partial charge in [-0.25, -0.2) is 0 Å². The molecule has 4 N–H and O–H groups in total. The molecular weight excluding hydrogens is 240 g/mol. The van der Waals surface area contributed by atoms with Crippen molar-refractivity contribution in [1.29, 1.82) is 0 Å². The highest BCUT2D eigenvalue weighted by atomic mass is 16.3. The fourth-order valence-corrected chi connectivity index (χ4v) is 3.76. The number of hydrogen-bond donors (Lipinski definition) is 3. The second-order valence-electron chi connectivity index (χ2n) is 6.47. The van der Waals surface area contributed by atoms with E-state index < -0.39 is 0 Å². The van der Waals surface area contributed by atoms with Crippen molar-refractivity contribution < 1.29 is 9.90 Å². The van der Waals surface area contributed by atoms with E-state index >= 15 is 0 Å². The van der Waals surface area contributed by atoms with Gasteiger partial charge in [-0.15, -0.1) is 0 Å². The van der Waals surface area contributed by atoms with Crippen LogP contribution in [0.15, 0.2) is 0 Å². The smallest absolute Gasteiger partial charge is 0.223 e. The highest BCUT2D eigenvalue weighted by Gasteiger charge is 2.35. The first-order chi connectivity index (χ1) is 9.21. The third-order valence-electron chi connectivity index (χ3n) is 5.19. The molecule has 0 bridgehead atoms. The van der Waals surface area contributed by atoms with E-state index in [-0.39, 0.29) is 23.8 Å². The van der Waals surface area contributed by atoms with Gasteiger partial charge in [-0.1, -0.05) is 25.7 Å². The first kappa shape index (κ1) is 14.8. The summed E-state index contributed by atoms with van der Waals surface area (Å²) >= 11 is 0. The summed E-state index contributed by atoms with van der Waals surface area (Å²) in [5.41, 5.74) is 5.67. The van der Waals surface area contributed by atoms with Crippen molar-refractivity contribution in [3.63, 3.8) is 0 Å². The van der Waals surface area contributed by atoms with E-state index in [0.717, 1.165) is 32.1 Å². The van der Waals surface area contributed by atoms with E-state index in [0.29, 0.717) is 19.0 Å². The summed E-state index contributed by atoms with van der Waals surface area (Å²) in [5.74, 6) is 0.618. The van der Waals surface area contributed by atoms with Crippen LogP contribution in [0.2, 0.25) is 0 Å². The number of aliphatic hydroxyl groups is 1. The molecule has 2 atom stereocenters. The Balaban J connectivity index is 1.85. The molecule has 110 valence electrons. The molecule has 1 amide bonds. The van der Waals surface area contributed by atoms with Gasteiger partial charge in [0.25, 0.3) is 0 Å². The van der Waals surface area contributed by atoms with Crippen LogP contribution in [0.5, 0.6) is 0 Å². The molecule has 2 unspecified atom stereocenters. The molecule has 2 saturated carbocycles. The van der Waals surface area contributed by atoms with Crippen LogP contribution in [0.25, 0.3) is 0 Å². The van der Waals surface area contributed by atoms with E-state index in [1.807, 2.05) is 0 Å². The Morgan fingerprint density at radius 3 is 2.58 bits per heavy atom. The molecule has 0 saturated heterocycles. The number of hydrogen-bond acceptors (Lipinski definition) is 3. The molecule has 0 heterocycles. The van der Waals surface area contributed by atoms with Gasteiger partial charge in [0.2, 0.25) is 5.91 Å². The predicted molar refractivity (Wildman–Crippen MR) is 75.5 cm³/mol. The highest BCUT2D eigenvalue weighted by Crippen LogP contribution is 2.36. The average molecular weight is 268 g/mol. The molecule has 2 rings (SSSR count). The summed E-state index contributed by atoms with van der Waals surface area (Å²) in [5, 5.41) is 12.7. The molecule has 0 spiro atoms. The summed E-state index contributed by atoms with van der Waals surface area (Å²) in [4.78, 5) is 12.3. The minimum absolute atomic E-state index is 0.0648. The lowest BCUT2D eigenvalue weighted by molar-refractivity contribution is -0.126. The van der Waals surface area contributed by atoms with Gasteiger partial charge in [0.1, 0.15) is 0 Å². The van der Waals surface area contributed by atoms with Crippen molar-refractivity contribution >= 4 is 5.91 Å². The summed E-state index contributed by atoms with van der Waals surface area (Å²) < 4.78 is 0. The fraction of sp³-hybridized carbons (Fsp3) is 0.933. The van der Waals surface area contributed by atoms with Gasteiger partial charge in [-0.3, -0.25) is 4.79 Å². The van der Waals surface area contributed by atoms with Gasteiger partial charge in [-0.05, 0) is 38.1 Å². The standard InChI is InChI=1S/C15H28N2O2/c16-9-12-5-4-6-13(12)14(19)17-10-15(11-18)7-2-1-3-8-15/h12-13,18H,1-11,16H2,(H,17,19). The second kappa shape index (κ2) is 6.71. The van der Waals surface area contributed by atoms with Gasteiger partial charge in [-0.2, -0.15) is 0 Å². The SMILES string of the molecule is NCC1CCCC1C(=O)NCC1(CO)CCCCC1. The zero-order valence-corrected chi connectivity index (χ0v) is 11.9. The number of nitrogens with one attached hydrogen (secondary N) is 1. The maximum atomic E-state index is 12.3. The van der Waals surface area contributed by atoms with Crippen LogP contribution >= 0.6 is 0 Å². The molecule has 2 aliphatic rings. The zero-order chi connectivity index (χ0) is 13.7. The molecule has 0 aromatic rings. The Labute approximate surface area is 116 Å². The summed E-state index contributed by atoms with van der Waals surface area (Å²) in [6, 6.07) is 0. The zero-order valence-electron chi connectivity index (χ0n) is 11.9. The Hall–Kier alpha value is -0.610. The summed E-state index contributed by atoms with van der Waals surface area (Å²) in [6.07, 6.45) is 8.85. The summed E-state index contributed by atoms with van der Waals surface area (Å²) in [7, 11) is 0. The maximum absolute atomic E-state index is 12.3. The minimum atomic E-state index is -0.0648. The molecule has 4 nitrogen and oxygen atoms in total. The van der Waals surface area contributed by atoms with Crippen molar-refractivity contribution in [2.24, 2.45) is 23.0 Å². The Morgan fingerprint density at radius 1 is 1.21 bits per heavy atom. The van der Waals surface area contributed by atoms with Crippen molar-refractivity contribution in [3.05, 3.63) is 0 Å². The van der Waals surface area contributed by atoms with Crippen LogP contribution in [0.1, 0.15) is 51.4 Å². The number of amides is 1. The fourth-order valence-electron chi connectivity index (χ4n) is 3.76. The van der Waals surface area contributed by atoms with Crippen LogP contribution in [0, 0.1) is 17.3 Å². The Kier molecular flexibility index (Phi) is 5.22. The topological polar surface area (TPSA) is 75.4 Å². The van der Waals surface area contributed by atoms with Gasteiger partial charge in [0.05, 0.1) is 6.61 Å². The Morgan fingerprint density at radius 2 is 1.95 bits per heavy atom. The van der Waals surface area contributed by atoms with Crippen LogP contribution in [0.4, 0.5) is 0 Å². The first-order valence-corrected chi connectivity index (χ1v) is 7.79. The third kappa shape index (κ3) is 3.48. The molecular formula is C15H28N2O2. The largest absolute Gasteiger partial charge is 0.396 e. The minimum Gasteiger partial charge on any atom is -0.396 e. The highest BCUT2D eigenvalue weighted by molar-refractivity contribution is 5.79. The molecule has 19 heavy (non-hydrogen) atoms. The number of rotatable bonds is 5. The van der Waals surface area contributed by atoms with E-state index in [2.05, 4.69) is 5.32 Å². The van der Waals surface area contributed by atoms with E-state index in [1.54, 1.807) is 0 Å². The predicted octanol–water partition coefficient (Wildman–Crippen LogP) is 1.42. The van der Waals surface area contributed by atoms with Gasteiger partial charge in [0.15, 0.2) is 0 Å². The van der Waals surface area contributed by atoms with Gasteiger partial charge in [0, 0.05) is 17.9 Å². The van der Waals surface area contributed by atoms with Crippen LogP contribution in [-0.2, 0) is 4.79 Å². The molecule has 0 aromatic carbocycles. The molecule has 0 aliphatic heterocycles. The van der Waals surface area contributed by atoms with Crippen molar-refractivity contribution in [2.45, 2.75) is 51.4 Å². The number of aliphatic hydroxyl groups excluding tert-OH is 1. The quantitative estimate of drug-likeness (QED) is 0.706. The van der Waals surface area contributed by atoms with Crippen LogP contribution in [0.3, 0.4) is 0 Å². The van der Waals surface area contributed by atoms with Crippen molar-refractivity contribution in [2.75, 3.05) is 19.7 Å². The number of carbonyl (C=O) groups is 1. The normalized spacial score (nSPS) is 30.2. The summed E-state index contributed by atoms with van der Waals surface area (Å²) in [6.45, 7) is 1.44. The molecule has 2 fully saturated rings. The lowest BCUT2D eigenvalue weighted by Crippen LogP contribution is -2.44. The lowest BCUT2D eigenvalue weighted by Gasteiger charge is -2.36. The Bertz CT molecular complexity index is 301. The maximum Gasteiger partial charge on any atom is 0.223 e. The van der Waals surface area contributed by atoms with Crippen LogP contribution in [-0.4, -0.2) is 30.7 Å². The van der Waals surface area contributed by atoms with E-state index in [1.165, 1.54) is 19.3 Å². The van der Waals surface area contributed by atoms with E-state index in [4.69, 9.17) is 5.73 Å². The number of nitrogens with two attached hydrogens (primary N) is 1. The monoisotopic (exact) mass is 268 g/mol. The molecule has 0 aromatic heterocycles. The number of carbonyl (C=O) groups excluding carboxylic acids is 1. The van der Waals surface area contributed by atoms with Crippen LogP contribution < -0.4 is 11.1 Å². The van der Waals surface area contributed by atoms with Crippen molar-refractivity contribution in [3.8, 4) is 0 Å². The first-order valence-electron chi connectivity index (χ1n) is 7.79. The van der Waals surface area contributed by atoms with Gasteiger partial charge < -0.3 is 16.2 Å².